The van der Waals surface area contributed by atoms with Gasteiger partial charge in [0, 0.05) is 18.8 Å². The van der Waals surface area contributed by atoms with Crippen LogP contribution in [0.1, 0.15) is 39.0 Å². The zero-order chi connectivity index (χ0) is 13.6. The molecule has 3 fully saturated rings. The molecule has 0 aromatic heterocycles. The standard InChI is InChI=1S/C14H21NO4/c1-8(7-15)4-9-2-3-12-14(19-9)5-10(16)13(17)11(6-14)18-12/h8-13,16-17H,2-6H2,1H3/t8-,9-,10-,11-,12+,13-,14+/m1/s1. The summed E-state index contributed by atoms with van der Waals surface area (Å²) in [5, 5.41) is 28.7. The first-order valence-electron chi connectivity index (χ1n) is 7.13. The summed E-state index contributed by atoms with van der Waals surface area (Å²) in [4.78, 5) is 0. The van der Waals surface area contributed by atoms with Crippen LogP contribution < -0.4 is 0 Å². The first-order valence-corrected chi connectivity index (χ1v) is 7.13. The normalized spacial score (nSPS) is 50.3. The van der Waals surface area contributed by atoms with Gasteiger partial charge in [-0.3, -0.25) is 0 Å². The Kier molecular flexibility index (Phi) is 3.30. The summed E-state index contributed by atoms with van der Waals surface area (Å²) in [5.41, 5.74) is -0.443. The Balaban J connectivity index is 1.73. The van der Waals surface area contributed by atoms with Gasteiger partial charge in [0.1, 0.15) is 6.10 Å². The minimum absolute atomic E-state index is 0.0158. The Morgan fingerprint density at radius 1 is 1.37 bits per heavy atom. The van der Waals surface area contributed by atoms with Crippen molar-refractivity contribution in [3.05, 3.63) is 0 Å². The molecular weight excluding hydrogens is 246 g/mol. The molecule has 3 aliphatic rings. The van der Waals surface area contributed by atoms with E-state index < -0.39 is 17.8 Å². The molecule has 0 aromatic carbocycles. The minimum atomic E-state index is -0.795. The van der Waals surface area contributed by atoms with Crippen molar-refractivity contribution in [2.45, 2.75) is 75.1 Å². The highest BCUT2D eigenvalue weighted by Gasteiger charge is 2.59. The Morgan fingerprint density at radius 2 is 2.16 bits per heavy atom. The number of ether oxygens (including phenoxy) is 2. The van der Waals surface area contributed by atoms with Gasteiger partial charge in [-0.1, -0.05) is 0 Å². The summed E-state index contributed by atoms with van der Waals surface area (Å²) in [6.07, 6.45) is 1.78. The second kappa shape index (κ2) is 4.71. The second-order valence-corrected chi connectivity index (χ2v) is 6.28. The van der Waals surface area contributed by atoms with Crippen LogP contribution >= 0.6 is 0 Å². The molecule has 0 amide bonds. The predicted octanol–water partition coefficient (Wildman–Crippen LogP) is 0.737. The third kappa shape index (κ3) is 2.17. The van der Waals surface area contributed by atoms with E-state index in [1.165, 1.54) is 0 Å². The summed E-state index contributed by atoms with van der Waals surface area (Å²) in [7, 11) is 0. The molecular formula is C14H21NO4. The van der Waals surface area contributed by atoms with E-state index in [2.05, 4.69) is 6.07 Å². The highest BCUT2D eigenvalue weighted by Crippen LogP contribution is 2.49. The molecule has 2 N–H and O–H groups in total. The van der Waals surface area contributed by atoms with Crippen molar-refractivity contribution < 1.29 is 19.7 Å². The van der Waals surface area contributed by atoms with Gasteiger partial charge in [-0.05, 0) is 26.2 Å². The fourth-order valence-corrected chi connectivity index (χ4v) is 3.84. The van der Waals surface area contributed by atoms with E-state index in [1.807, 2.05) is 6.92 Å². The second-order valence-electron chi connectivity index (χ2n) is 6.28. The molecule has 0 radical (unpaired) electrons. The van der Waals surface area contributed by atoms with E-state index in [0.717, 1.165) is 19.3 Å². The first-order chi connectivity index (χ1) is 9.04. The lowest BCUT2D eigenvalue weighted by Crippen LogP contribution is -2.54. The van der Waals surface area contributed by atoms with E-state index in [4.69, 9.17) is 14.7 Å². The van der Waals surface area contributed by atoms with E-state index in [9.17, 15) is 10.2 Å². The summed E-state index contributed by atoms with van der Waals surface area (Å²) in [5.74, 6) is -0.0184. The number of rotatable bonds is 2. The number of aliphatic hydroxyl groups excluding tert-OH is 2. The van der Waals surface area contributed by atoms with Crippen LogP contribution in [0.15, 0.2) is 0 Å². The lowest BCUT2D eigenvalue weighted by atomic mass is 9.76. The van der Waals surface area contributed by atoms with Crippen LogP contribution in [0.5, 0.6) is 0 Å². The van der Waals surface area contributed by atoms with Crippen LogP contribution in [0.25, 0.3) is 0 Å². The molecule has 0 unspecified atom stereocenters. The monoisotopic (exact) mass is 267 g/mol. The number of hydrogen-bond donors (Lipinski definition) is 2. The lowest BCUT2D eigenvalue weighted by Gasteiger charge is -2.44. The zero-order valence-electron chi connectivity index (χ0n) is 11.2. The average molecular weight is 267 g/mol. The van der Waals surface area contributed by atoms with Crippen LogP contribution in [-0.2, 0) is 9.47 Å². The zero-order valence-corrected chi connectivity index (χ0v) is 11.2. The smallest absolute Gasteiger partial charge is 0.106 e. The largest absolute Gasteiger partial charge is 0.390 e. The highest BCUT2D eigenvalue weighted by atomic mass is 16.6. The molecule has 2 saturated heterocycles. The van der Waals surface area contributed by atoms with Crippen LogP contribution in [0.2, 0.25) is 0 Å². The van der Waals surface area contributed by atoms with Gasteiger partial charge in [-0.25, -0.2) is 0 Å². The molecule has 3 rings (SSSR count). The van der Waals surface area contributed by atoms with Crippen molar-refractivity contribution in [3.8, 4) is 6.07 Å². The first kappa shape index (κ1) is 13.3. The molecule has 1 saturated carbocycles. The van der Waals surface area contributed by atoms with Crippen molar-refractivity contribution in [2.24, 2.45) is 5.92 Å². The summed E-state index contributed by atoms with van der Waals surface area (Å²) in [6, 6.07) is 2.24. The third-order valence-electron chi connectivity index (χ3n) is 4.79. The molecule has 7 atom stereocenters. The van der Waals surface area contributed by atoms with E-state index in [1.54, 1.807) is 0 Å². The van der Waals surface area contributed by atoms with Crippen LogP contribution in [-0.4, -0.2) is 46.3 Å². The molecule has 2 heterocycles. The molecule has 5 nitrogen and oxygen atoms in total. The van der Waals surface area contributed by atoms with E-state index in [0.29, 0.717) is 12.8 Å². The van der Waals surface area contributed by atoms with Crippen molar-refractivity contribution in [3.63, 3.8) is 0 Å². The van der Waals surface area contributed by atoms with Crippen LogP contribution in [0.3, 0.4) is 0 Å². The number of nitrogens with zero attached hydrogens (tertiary/aromatic N) is 1. The fourth-order valence-electron chi connectivity index (χ4n) is 3.84. The Hall–Kier alpha value is -0.670. The van der Waals surface area contributed by atoms with Gasteiger partial charge in [0.15, 0.2) is 0 Å². The van der Waals surface area contributed by atoms with Gasteiger partial charge in [-0.2, -0.15) is 5.26 Å². The molecule has 1 aliphatic carbocycles. The third-order valence-corrected chi connectivity index (χ3v) is 4.79. The maximum Gasteiger partial charge on any atom is 0.106 e. The molecule has 5 heteroatoms. The molecule has 2 aliphatic heterocycles. The SMILES string of the molecule is C[C@@H](C#N)C[C@H]1CC[C@@H]2O[C@@H]3C[C@]2(C[C@@H](O)[C@H]3O)O1. The number of aliphatic hydroxyl groups is 2. The Bertz CT molecular complexity index is 395. The maximum absolute atomic E-state index is 9.94. The van der Waals surface area contributed by atoms with Gasteiger partial charge in [0.2, 0.25) is 0 Å². The van der Waals surface area contributed by atoms with E-state index >= 15 is 0 Å². The minimum Gasteiger partial charge on any atom is -0.390 e. The summed E-state index contributed by atoms with van der Waals surface area (Å²) in [6.45, 7) is 1.90. The maximum atomic E-state index is 9.94. The van der Waals surface area contributed by atoms with Gasteiger partial charge in [0.05, 0.1) is 36.1 Å². The highest BCUT2D eigenvalue weighted by molar-refractivity contribution is 5.09. The summed E-state index contributed by atoms with van der Waals surface area (Å²) >= 11 is 0. The number of hydrogen-bond acceptors (Lipinski definition) is 5. The molecule has 19 heavy (non-hydrogen) atoms. The number of fused-ring (bicyclic) bond motifs is 1. The topological polar surface area (TPSA) is 82.7 Å². The average Bonchev–Trinajstić information content (AvgIpc) is 2.70. The summed E-state index contributed by atoms with van der Waals surface area (Å²) < 4.78 is 12.1. The molecule has 0 aromatic rings. The van der Waals surface area contributed by atoms with Crippen molar-refractivity contribution in [2.75, 3.05) is 0 Å². The van der Waals surface area contributed by atoms with Gasteiger partial charge in [-0.15, -0.1) is 0 Å². The van der Waals surface area contributed by atoms with Crippen molar-refractivity contribution in [1.29, 1.82) is 5.26 Å². The Morgan fingerprint density at radius 3 is 2.89 bits per heavy atom. The molecule has 1 spiro atoms. The number of nitriles is 1. The lowest BCUT2D eigenvalue weighted by molar-refractivity contribution is -0.179. The van der Waals surface area contributed by atoms with Crippen LogP contribution in [0.4, 0.5) is 0 Å². The van der Waals surface area contributed by atoms with Gasteiger partial charge < -0.3 is 19.7 Å². The molecule has 2 bridgehead atoms. The van der Waals surface area contributed by atoms with Gasteiger partial charge >= 0.3 is 0 Å². The molecule has 106 valence electrons. The Labute approximate surface area is 113 Å². The van der Waals surface area contributed by atoms with Crippen molar-refractivity contribution in [1.82, 2.24) is 0 Å². The van der Waals surface area contributed by atoms with Crippen LogP contribution in [0, 0.1) is 17.2 Å². The van der Waals surface area contributed by atoms with E-state index in [-0.39, 0.29) is 24.2 Å². The quantitative estimate of drug-likeness (QED) is 0.771. The fraction of sp³-hybridized carbons (Fsp3) is 0.929. The predicted molar refractivity (Wildman–Crippen MR) is 66.1 cm³/mol. The van der Waals surface area contributed by atoms with Gasteiger partial charge in [0.25, 0.3) is 0 Å². The van der Waals surface area contributed by atoms with Crippen molar-refractivity contribution >= 4 is 0 Å².